The van der Waals surface area contributed by atoms with Gasteiger partial charge in [-0.05, 0) is 29.9 Å². The number of nitro benzene ring substituents is 1. The topological polar surface area (TPSA) is 72.2 Å². The van der Waals surface area contributed by atoms with Crippen LogP contribution >= 0.6 is 0 Å². The average Bonchev–Trinajstić information content (AvgIpc) is 2.52. The van der Waals surface area contributed by atoms with Crippen molar-refractivity contribution in [3.05, 3.63) is 75.8 Å². The molecule has 1 saturated carbocycles. The maximum Gasteiger partial charge on any atom is 0.269 e. The molecule has 118 valence electrons. The highest BCUT2D eigenvalue weighted by molar-refractivity contribution is 5.79. The number of nitrogens with one attached hydrogen (secondary N) is 1. The number of nitrogens with zero attached hydrogens (tertiary/aromatic N) is 1. The summed E-state index contributed by atoms with van der Waals surface area (Å²) in [6.07, 6.45) is 2.19. The molecule has 1 N–H and O–H groups in total. The van der Waals surface area contributed by atoms with Crippen LogP contribution in [0.2, 0.25) is 0 Å². The zero-order valence-corrected chi connectivity index (χ0v) is 12.6. The second kappa shape index (κ2) is 6.60. The van der Waals surface area contributed by atoms with Gasteiger partial charge in [-0.25, -0.2) is 0 Å². The molecule has 2 aromatic carbocycles. The van der Waals surface area contributed by atoms with Gasteiger partial charge >= 0.3 is 0 Å². The molecular formula is C18H18N2O3. The molecule has 1 aliphatic carbocycles. The molecule has 0 aliphatic heterocycles. The minimum Gasteiger partial charge on any atom is -0.353 e. The molecule has 1 fully saturated rings. The summed E-state index contributed by atoms with van der Waals surface area (Å²) >= 11 is 0. The molecule has 0 spiro atoms. The molecule has 0 bridgehead atoms. The lowest BCUT2D eigenvalue weighted by molar-refractivity contribution is -0.384. The van der Waals surface area contributed by atoms with Crippen LogP contribution in [-0.4, -0.2) is 16.9 Å². The van der Waals surface area contributed by atoms with Crippen LogP contribution in [-0.2, 0) is 11.2 Å². The third kappa shape index (κ3) is 3.74. The molecule has 1 amide bonds. The monoisotopic (exact) mass is 310 g/mol. The van der Waals surface area contributed by atoms with E-state index in [-0.39, 0.29) is 24.1 Å². The van der Waals surface area contributed by atoms with Crippen LogP contribution < -0.4 is 5.32 Å². The molecule has 2 aromatic rings. The van der Waals surface area contributed by atoms with E-state index in [9.17, 15) is 14.9 Å². The number of hydrogen-bond acceptors (Lipinski definition) is 3. The van der Waals surface area contributed by atoms with Crippen molar-refractivity contribution in [1.82, 2.24) is 5.32 Å². The normalized spacial score (nSPS) is 19.7. The molecule has 0 saturated heterocycles. The summed E-state index contributed by atoms with van der Waals surface area (Å²) in [5.74, 6) is 0.497. The number of amides is 1. The lowest BCUT2D eigenvalue weighted by Crippen LogP contribution is -2.43. The van der Waals surface area contributed by atoms with Gasteiger partial charge < -0.3 is 5.32 Å². The Morgan fingerprint density at radius 3 is 2.35 bits per heavy atom. The molecular weight excluding hydrogens is 292 g/mol. The van der Waals surface area contributed by atoms with Gasteiger partial charge in [-0.3, -0.25) is 14.9 Å². The Balaban J connectivity index is 1.46. The van der Waals surface area contributed by atoms with Crippen LogP contribution in [0.25, 0.3) is 0 Å². The number of hydrogen-bond donors (Lipinski definition) is 1. The summed E-state index contributed by atoms with van der Waals surface area (Å²) in [7, 11) is 0. The first-order valence-corrected chi connectivity index (χ1v) is 7.69. The molecule has 0 unspecified atom stereocenters. The Kier molecular flexibility index (Phi) is 4.37. The average molecular weight is 310 g/mol. The fourth-order valence-electron chi connectivity index (χ4n) is 2.93. The first-order valence-electron chi connectivity index (χ1n) is 7.69. The van der Waals surface area contributed by atoms with E-state index in [1.807, 2.05) is 18.2 Å². The summed E-state index contributed by atoms with van der Waals surface area (Å²) in [5.41, 5.74) is 2.15. The van der Waals surface area contributed by atoms with Crippen LogP contribution in [0.5, 0.6) is 0 Å². The smallest absolute Gasteiger partial charge is 0.269 e. The van der Waals surface area contributed by atoms with Gasteiger partial charge in [0.1, 0.15) is 0 Å². The van der Waals surface area contributed by atoms with E-state index in [2.05, 4.69) is 17.4 Å². The van der Waals surface area contributed by atoms with Crippen LogP contribution in [0.1, 0.15) is 29.9 Å². The van der Waals surface area contributed by atoms with E-state index >= 15 is 0 Å². The Morgan fingerprint density at radius 1 is 1.09 bits per heavy atom. The van der Waals surface area contributed by atoms with Crippen molar-refractivity contribution in [3.8, 4) is 0 Å². The largest absolute Gasteiger partial charge is 0.353 e. The first kappa shape index (κ1) is 15.2. The van der Waals surface area contributed by atoms with Crippen molar-refractivity contribution in [3.63, 3.8) is 0 Å². The lowest BCUT2D eigenvalue weighted by Gasteiger charge is -2.36. The van der Waals surface area contributed by atoms with E-state index < -0.39 is 4.92 Å². The SMILES string of the molecule is O=C(Cc1ccc([N+](=O)[O-])cc1)NC1CC(c2ccccc2)C1. The van der Waals surface area contributed by atoms with Gasteiger partial charge in [0.25, 0.3) is 5.69 Å². The molecule has 0 radical (unpaired) electrons. The minimum atomic E-state index is -0.443. The van der Waals surface area contributed by atoms with Crippen molar-refractivity contribution in [2.24, 2.45) is 0 Å². The molecule has 23 heavy (non-hydrogen) atoms. The van der Waals surface area contributed by atoms with Gasteiger partial charge in [0.2, 0.25) is 5.91 Å². The number of rotatable bonds is 5. The first-order chi connectivity index (χ1) is 11.1. The van der Waals surface area contributed by atoms with E-state index in [0.717, 1.165) is 18.4 Å². The highest BCUT2D eigenvalue weighted by Crippen LogP contribution is 2.36. The molecule has 3 rings (SSSR count). The Hall–Kier alpha value is -2.69. The standard InChI is InChI=1S/C18H18N2O3/c21-18(10-13-6-8-17(9-7-13)20(22)23)19-16-11-15(12-16)14-4-2-1-3-5-14/h1-9,15-16H,10-12H2,(H,19,21). The Morgan fingerprint density at radius 2 is 1.74 bits per heavy atom. The summed E-state index contributed by atoms with van der Waals surface area (Å²) in [6, 6.07) is 16.7. The summed E-state index contributed by atoms with van der Waals surface area (Å²) in [6.45, 7) is 0. The molecule has 5 nitrogen and oxygen atoms in total. The van der Waals surface area contributed by atoms with Gasteiger partial charge in [-0.1, -0.05) is 42.5 Å². The highest BCUT2D eigenvalue weighted by atomic mass is 16.6. The summed E-state index contributed by atoms with van der Waals surface area (Å²) in [4.78, 5) is 22.2. The van der Waals surface area contributed by atoms with E-state index in [0.29, 0.717) is 5.92 Å². The third-order valence-electron chi connectivity index (χ3n) is 4.29. The van der Waals surface area contributed by atoms with Crippen LogP contribution in [0.3, 0.4) is 0 Å². The zero-order valence-electron chi connectivity index (χ0n) is 12.6. The molecule has 0 atom stereocenters. The summed E-state index contributed by atoms with van der Waals surface area (Å²) < 4.78 is 0. The van der Waals surface area contributed by atoms with Gasteiger partial charge in [-0.15, -0.1) is 0 Å². The number of non-ortho nitro benzene ring substituents is 1. The quantitative estimate of drug-likeness (QED) is 0.681. The fraction of sp³-hybridized carbons (Fsp3) is 0.278. The van der Waals surface area contributed by atoms with Crippen LogP contribution in [0.15, 0.2) is 54.6 Å². The lowest BCUT2D eigenvalue weighted by atomic mass is 9.76. The van der Waals surface area contributed by atoms with Gasteiger partial charge in [0.15, 0.2) is 0 Å². The predicted octanol–water partition coefficient (Wildman–Crippen LogP) is 3.20. The van der Waals surface area contributed by atoms with Crippen LogP contribution in [0.4, 0.5) is 5.69 Å². The van der Waals surface area contributed by atoms with Crippen molar-refractivity contribution < 1.29 is 9.72 Å². The van der Waals surface area contributed by atoms with Crippen LogP contribution in [0, 0.1) is 10.1 Å². The fourth-order valence-corrected chi connectivity index (χ4v) is 2.93. The zero-order chi connectivity index (χ0) is 16.2. The van der Waals surface area contributed by atoms with Gasteiger partial charge in [0, 0.05) is 18.2 Å². The van der Waals surface area contributed by atoms with E-state index in [1.54, 1.807) is 12.1 Å². The van der Waals surface area contributed by atoms with Crippen molar-refractivity contribution in [1.29, 1.82) is 0 Å². The van der Waals surface area contributed by atoms with Crippen molar-refractivity contribution in [2.45, 2.75) is 31.2 Å². The number of carbonyl (C=O) groups excluding carboxylic acids is 1. The minimum absolute atomic E-state index is 0.0321. The van der Waals surface area contributed by atoms with Crippen molar-refractivity contribution in [2.75, 3.05) is 0 Å². The second-order valence-corrected chi connectivity index (χ2v) is 5.94. The molecule has 1 aliphatic rings. The number of benzene rings is 2. The number of carbonyl (C=O) groups is 1. The Bertz CT molecular complexity index is 692. The van der Waals surface area contributed by atoms with Gasteiger partial charge in [0.05, 0.1) is 11.3 Å². The predicted molar refractivity (Wildman–Crippen MR) is 87.1 cm³/mol. The third-order valence-corrected chi connectivity index (χ3v) is 4.29. The van der Waals surface area contributed by atoms with Crippen molar-refractivity contribution >= 4 is 11.6 Å². The maximum absolute atomic E-state index is 12.0. The molecule has 0 heterocycles. The summed E-state index contributed by atoms with van der Waals surface area (Å²) in [5, 5.41) is 13.6. The molecule has 5 heteroatoms. The highest BCUT2D eigenvalue weighted by Gasteiger charge is 2.31. The second-order valence-electron chi connectivity index (χ2n) is 5.94. The van der Waals surface area contributed by atoms with E-state index in [4.69, 9.17) is 0 Å². The maximum atomic E-state index is 12.0. The van der Waals surface area contributed by atoms with Gasteiger partial charge in [-0.2, -0.15) is 0 Å². The number of nitro groups is 1. The van der Waals surface area contributed by atoms with E-state index in [1.165, 1.54) is 17.7 Å². The Labute approximate surface area is 134 Å². The molecule has 0 aromatic heterocycles.